The van der Waals surface area contributed by atoms with Gasteiger partial charge in [0, 0.05) is 6.20 Å². The van der Waals surface area contributed by atoms with Gasteiger partial charge in [-0.25, -0.2) is 10.2 Å². The predicted molar refractivity (Wildman–Crippen MR) is 58.4 cm³/mol. The summed E-state index contributed by atoms with van der Waals surface area (Å²) >= 11 is 0. The van der Waals surface area contributed by atoms with Gasteiger partial charge in [-0.3, -0.25) is 10.7 Å². The zero-order valence-electron chi connectivity index (χ0n) is 9.43. The number of hydrogen-bond donors (Lipinski definition) is 6. The first-order valence-electron chi connectivity index (χ1n) is 5.44. The third-order valence-corrected chi connectivity index (χ3v) is 2.92. The Labute approximate surface area is 103 Å². The van der Waals surface area contributed by atoms with Crippen molar-refractivity contribution in [2.75, 3.05) is 6.61 Å². The maximum absolute atomic E-state index is 11.7. The number of urea groups is 1. The van der Waals surface area contributed by atoms with Gasteiger partial charge in [0.05, 0.1) is 6.61 Å². The molecule has 0 aliphatic carbocycles. The maximum atomic E-state index is 11.7. The van der Waals surface area contributed by atoms with Crippen LogP contribution in [0.2, 0.25) is 0 Å². The molecule has 2 amide bonds. The summed E-state index contributed by atoms with van der Waals surface area (Å²) in [5, 5.41) is 30.8. The number of ether oxygens (including phenoxy) is 1. The lowest BCUT2D eigenvalue weighted by atomic mass is 10.1. The molecule has 7 N–H and O–H groups in total. The summed E-state index contributed by atoms with van der Waals surface area (Å²) in [7, 11) is 0. The number of rotatable bonds is 3. The average molecular weight is 260 g/mol. The molecule has 5 unspecified atom stereocenters. The molecule has 0 spiro atoms. The van der Waals surface area contributed by atoms with E-state index in [1.54, 1.807) is 6.08 Å². The fraction of sp³-hybridized carbons (Fsp3) is 0.667. The van der Waals surface area contributed by atoms with E-state index in [1.165, 1.54) is 6.20 Å². The van der Waals surface area contributed by atoms with Crippen molar-refractivity contribution in [3.63, 3.8) is 0 Å². The summed E-state index contributed by atoms with van der Waals surface area (Å²) in [6.07, 6.45) is -2.07. The van der Waals surface area contributed by atoms with Gasteiger partial charge >= 0.3 is 6.03 Å². The van der Waals surface area contributed by atoms with Crippen molar-refractivity contribution in [1.82, 2.24) is 15.6 Å². The lowest BCUT2D eigenvalue weighted by Gasteiger charge is -2.32. The Balaban J connectivity index is 2.11. The van der Waals surface area contributed by atoms with Crippen molar-refractivity contribution in [2.24, 2.45) is 5.84 Å². The summed E-state index contributed by atoms with van der Waals surface area (Å²) in [4.78, 5) is 12.8. The third-order valence-electron chi connectivity index (χ3n) is 2.92. The molecule has 0 radical (unpaired) electrons. The number of nitrogens with zero attached hydrogens (tertiary/aromatic N) is 1. The Bertz CT molecular complexity index is 352. The van der Waals surface area contributed by atoms with Gasteiger partial charge in [-0.05, 0) is 6.08 Å². The Morgan fingerprint density at radius 1 is 1.50 bits per heavy atom. The third kappa shape index (κ3) is 2.19. The first kappa shape index (κ1) is 13.2. The number of nitrogens with two attached hydrogens (primary N) is 1. The molecule has 2 rings (SSSR count). The number of hydrazine groups is 1. The Morgan fingerprint density at radius 3 is 2.72 bits per heavy atom. The molecule has 0 aromatic carbocycles. The normalized spacial score (nSPS) is 40.1. The van der Waals surface area contributed by atoms with E-state index in [0.29, 0.717) is 0 Å². The van der Waals surface area contributed by atoms with Crippen LogP contribution in [0.5, 0.6) is 0 Å². The van der Waals surface area contributed by atoms with Crippen LogP contribution in [0.3, 0.4) is 0 Å². The van der Waals surface area contributed by atoms with Gasteiger partial charge in [0.15, 0.2) is 6.23 Å². The molecule has 9 heteroatoms. The van der Waals surface area contributed by atoms with Crippen LogP contribution < -0.4 is 16.6 Å². The number of carbonyl (C=O) groups is 1. The quantitative estimate of drug-likeness (QED) is 0.231. The van der Waals surface area contributed by atoms with Crippen molar-refractivity contribution in [3.8, 4) is 0 Å². The van der Waals surface area contributed by atoms with E-state index in [9.17, 15) is 15.0 Å². The minimum absolute atomic E-state index is 0.444. The monoisotopic (exact) mass is 260 g/mol. The molecular formula is C9H16N4O5. The summed E-state index contributed by atoms with van der Waals surface area (Å²) in [6, 6.07) is -0.532. The van der Waals surface area contributed by atoms with Gasteiger partial charge in [-0.2, -0.15) is 0 Å². The molecule has 2 aliphatic heterocycles. The molecule has 2 aliphatic rings. The fourth-order valence-electron chi connectivity index (χ4n) is 1.91. The predicted octanol–water partition coefficient (Wildman–Crippen LogP) is -3.25. The molecule has 1 fully saturated rings. The highest BCUT2D eigenvalue weighted by Crippen LogP contribution is 2.25. The van der Waals surface area contributed by atoms with Crippen LogP contribution in [0, 0.1) is 0 Å². The highest BCUT2D eigenvalue weighted by Gasteiger charge is 2.46. The molecular weight excluding hydrogens is 244 g/mol. The molecule has 0 bridgehead atoms. The number of carbonyl (C=O) groups excluding carboxylic acids is 1. The first-order chi connectivity index (χ1) is 8.58. The smallest absolute Gasteiger partial charge is 0.325 e. The molecule has 9 nitrogen and oxygen atoms in total. The number of aliphatic hydroxyl groups excluding tert-OH is 3. The second-order valence-corrected chi connectivity index (χ2v) is 4.07. The van der Waals surface area contributed by atoms with E-state index in [2.05, 4.69) is 10.7 Å². The Hall–Kier alpha value is -1.23. The van der Waals surface area contributed by atoms with Crippen molar-refractivity contribution < 1.29 is 24.9 Å². The van der Waals surface area contributed by atoms with E-state index >= 15 is 0 Å². The van der Waals surface area contributed by atoms with Crippen molar-refractivity contribution in [3.05, 3.63) is 12.3 Å². The van der Waals surface area contributed by atoms with Crippen LogP contribution in [0.25, 0.3) is 0 Å². The number of nitrogens with one attached hydrogen (secondary N) is 2. The molecule has 5 atom stereocenters. The minimum Gasteiger partial charge on any atom is -0.394 e. The van der Waals surface area contributed by atoms with Crippen LogP contribution in [0.4, 0.5) is 4.79 Å². The van der Waals surface area contributed by atoms with E-state index in [0.717, 1.165) is 4.90 Å². The molecule has 1 saturated heterocycles. The molecule has 2 heterocycles. The SMILES string of the molecule is NNC1C=CN(C2OC(CO)C(O)C2O)C(=O)N1. The van der Waals surface area contributed by atoms with Crippen LogP contribution in [0.1, 0.15) is 0 Å². The lowest BCUT2D eigenvalue weighted by molar-refractivity contribution is -0.0662. The number of hydrogen-bond acceptors (Lipinski definition) is 7. The minimum atomic E-state index is -1.29. The van der Waals surface area contributed by atoms with E-state index in [-0.39, 0.29) is 0 Å². The molecule has 0 aromatic heterocycles. The lowest BCUT2D eigenvalue weighted by Crippen LogP contribution is -2.57. The van der Waals surface area contributed by atoms with E-state index in [4.69, 9.17) is 15.7 Å². The largest absolute Gasteiger partial charge is 0.394 e. The second-order valence-electron chi connectivity index (χ2n) is 4.07. The number of aliphatic hydroxyl groups is 3. The standard InChI is InChI=1S/C9H16N4O5/c10-12-5-1-2-13(9(17)11-5)8-7(16)6(15)4(3-14)18-8/h1-2,4-8,12,14-16H,3,10H2,(H,11,17). The van der Waals surface area contributed by atoms with Crippen LogP contribution in [-0.4, -0.2) is 63.6 Å². The fourth-order valence-corrected chi connectivity index (χ4v) is 1.91. The van der Waals surface area contributed by atoms with E-state index < -0.39 is 43.3 Å². The maximum Gasteiger partial charge on any atom is 0.325 e. The molecule has 102 valence electrons. The van der Waals surface area contributed by atoms with E-state index in [1.807, 2.05) is 0 Å². The zero-order chi connectivity index (χ0) is 13.3. The Kier molecular flexibility index (Phi) is 3.80. The zero-order valence-corrected chi connectivity index (χ0v) is 9.43. The van der Waals surface area contributed by atoms with Gasteiger partial charge < -0.3 is 25.4 Å². The average Bonchev–Trinajstić information content (AvgIpc) is 2.66. The van der Waals surface area contributed by atoms with Crippen molar-refractivity contribution in [1.29, 1.82) is 0 Å². The summed E-state index contributed by atoms with van der Waals surface area (Å²) in [6.45, 7) is -0.444. The Morgan fingerprint density at radius 2 is 2.22 bits per heavy atom. The van der Waals surface area contributed by atoms with Gasteiger partial charge in [0.25, 0.3) is 0 Å². The summed E-state index contributed by atoms with van der Waals surface area (Å²) in [5.41, 5.74) is 2.35. The van der Waals surface area contributed by atoms with Crippen LogP contribution in [0.15, 0.2) is 12.3 Å². The van der Waals surface area contributed by atoms with Gasteiger partial charge in [0.1, 0.15) is 24.5 Å². The van der Waals surface area contributed by atoms with Gasteiger partial charge in [-0.15, -0.1) is 0 Å². The van der Waals surface area contributed by atoms with Crippen LogP contribution in [-0.2, 0) is 4.74 Å². The second kappa shape index (κ2) is 5.18. The molecule has 0 aromatic rings. The van der Waals surface area contributed by atoms with Crippen LogP contribution >= 0.6 is 0 Å². The topological polar surface area (TPSA) is 140 Å². The molecule has 0 saturated carbocycles. The molecule has 18 heavy (non-hydrogen) atoms. The van der Waals surface area contributed by atoms with Crippen molar-refractivity contribution in [2.45, 2.75) is 30.7 Å². The van der Waals surface area contributed by atoms with Gasteiger partial charge in [-0.1, -0.05) is 0 Å². The van der Waals surface area contributed by atoms with Crippen molar-refractivity contribution >= 4 is 6.03 Å². The first-order valence-corrected chi connectivity index (χ1v) is 5.44. The highest BCUT2D eigenvalue weighted by atomic mass is 16.6. The number of amides is 2. The highest BCUT2D eigenvalue weighted by molar-refractivity contribution is 5.77. The summed E-state index contributed by atoms with van der Waals surface area (Å²) < 4.78 is 5.23. The van der Waals surface area contributed by atoms with Gasteiger partial charge in [0.2, 0.25) is 0 Å². The summed E-state index contributed by atoms with van der Waals surface area (Å²) in [5.74, 6) is 5.17.